The molecule has 6 heteroatoms. The number of hydrogen-bond acceptors (Lipinski definition) is 4. The third-order valence-corrected chi connectivity index (χ3v) is 5.59. The molecule has 1 saturated heterocycles. The Hall–Kier alpha value is -3.41. The van der Waals surface area contributed by atoms with Crippen LogP contribution in [0.15, 0.2) is 60.7 Å². The van der Waals surface area contributed by atoms with E-state index >= 15 is 0 Å². The topological polar surface area (TPSA) is 75.7 Å². The zero-order valence-electron chi connectivity index (χ0n) is 16.3. The summed E-state index contributed by atoms with van der Waals surface area (Å²) in [5, 5.41) is 2.81. The molecule has 1 aliphatic carbocycles. The Morgan fingerprint density at radius 1 is 1.10 bits per heavy atom. The summed E-state index contributed by atoms with van der Waals surface area (Å²) < 4.78 is 5.16. The minimum absolute atomic E-state index is 0.0446. The number of nitrogens with zero attached hydrogens (tertiary/aromatic N) is 1. The average molecular weight is 390 g/mol. The van der Waals surface area contributed by atoms with Gasteiger partial charge in [0.25, 0.3) is 5.91 Å². The number of hydrogen-bond donors (Lipinski definition) is 1. The molecule has 0 unspecified atom stereocenters. The Bertz CT molecular complexity index is 996. The van der Waals surface area contributed by atoms with Gasteiger partial charge in [-0.1, -0.05) is 25.1 Å². The molecule has 6 nitrogen and oxygen atoms in total. The van der Waals surface area contributed by atoms with E-state index in [1.807, 2.05) is 19.1 Å². The number of methoxy groups -OCH3 is 1. The van der Waals surface area contributed by atoms with Crippen LogP contribution in [0.4, 0.5) is 11.4 Å². The first kappa shape index (κ1) is 18.9. The van der Waals surface area contributed by atoms with Crippen LogP contribution in [-0.4, -0.2) is 24.8 Å². The van der Waals surface area contributed by atoms with Gasteiger partial charge in [-0.15, -0.1) is 0 Å². The minimum atomic E-state index is -0.302. The molecule has 0 spiro atoms. The highest BCUT2D eigenvalue weighted by Crippen LogP contribution is 2.40. The lowest BCUT2D eigenvalue weighted by Gasteiger charge is -2.22. The maximum absolute atomic E-state index is 12.9. The van der Waals surface area contributed by atoms with Crippen molar-refractivity contribution in [2.45, 2.75) is 13.3 Å². The Labute approximate surface area is 169 Å². The molecule has 2 aromatic carbocycles. The molecule has 3 amide bonds. The van der Waals surface area contributed by atoms with Crippen LogP contribution in [0.2, 0.25) is 0 Å². The maximum Gasteiger partial charge on any atom is 0.255 e. The molecule has 1 N–H and O–H groups in total. The molecule has 1 fully saturated rings. The quantitative estimate of drug-likeness (QED) is 0.639. The number of imide groups is 1. The van der Waals surface area contributed by atoms with Gasteiger partial charge in [-0.3, -0.25) is 19.3 Å². The molecule has 3 atom stereocenters. The minimum Gasteiger partial charge on any atom is -0.497 e. The van der Waals surface area contributed by atoms with Crippen molar-refractivity contribution in [3.05, 3.63) is 66.2 Å². The Morgan fingerprint density at radius 3 is 2.55 bits per heavy atom. The number of allylic oxidation sites excluding steroid dienone is 2. The first-order valence-electron chi connectivity index (χ1n) is 9.59. The second-order valence-electron chi connectivity index (χ2n) is 7.40. The Morgan fingerprint density at radius 2 is 1.86 bits per heavy atom. The second-order valence-corrected chi connectivity index (χ2v) is 7.40. The van der Waals surface area contributed by atoms with Gasteiger partial charge in [0.05, 0.1) is 24.6 Å². The summed E-state index contributed by atoms with van der Waals surface area (Å²) in [6.45, 7) is 1.97. The van der Waals surface area contributed by atoms with Crippen LogP contribution >= 0.6 is 0 Å². The van der Waals surface area contributed by atoms with Crippen molar-refractivity contribution >= 4 is 29.1 Å². The molecule has 0 bridgehead atoms. The first-order chi connectivity index (χ1) is 14.0. The summed E-state index contributed by atoms with van der Waals surface area (Å²) >= 11 is 0. The SMILES string of the molecule is COc1cccc(NC(=O)c2ccc(N3C(=O)[C@H]4[C@H](CC=C[C@@H]4C)C3=O)cc2)c1. The summed E-state index contributed by atoms with van der Waals surface area (Å²) in [4.78, 5) is 39.4. The van der Waals surface area contributed by atoms with Crippen LogP contribution in [-0.2, 0) is 9.59 Å². The number of fused-ring (bicyclic) bond motifs is 1. The van der Waals surface area contributed by atoms with Gasteiger partial charge in [-0.25, -0.2) is 0 Å². The third kappa shape index (κ3) is 3.42. The first-order valence-corrected chi connectivity index (χ1v) is 9.59. The number of benzene rings is 2. The van der Waals surface area contributed by atoms with E-state index in [1.54, 1.807) is 55.6 Å². The van der Waals surface area contributed by atoms with E-state index < -0.39 is 0 Å². The number of ether oxygens (including phenoxy) is 1. The average Bonchev–Trinajstić information content (AvgIpc) is 2.99. The number of amides is 3. The van der Waals surface area contributed by atoms with E-state index in [0.717, 1.165) is 0 Å². The van der Waals surface area contributed by atoms with Gasteiger partial charge in [-0.2, -0.15) is 0 Å². The van der Waals surface area contributed by atoms with E-state index in [9.17, 15) is 14.4 Å². The number of nitrogens with one attached hydrogen (secondary N) is 1. The van der Waals surface area contributed by atoms with Gasteiger partial charge in [0.2, 0.25) is 11.8 Å². The van der Waals surface area contributed by atoms with Gasteiger partial charge < -0.3 is 10.1 Å². The summed E-state index contributed by atoms with van der Waals surface area (Å²) in [6, 6.07) is 13.6. The fraction of sp³-hybridized carbons (Fsp3) is 0.261. The van der Waals surface area contributed by atoms with Crippen LogP contribution < -0.4 is 15.0 Å². The van der Waals surface area contributed by atoms with E-state index in [-0.39, 0.29) is 35.5 Å². The van der Waals surface area contributed by atoms with Crippen LogP contribution in [0.5, 0.6) is 5.75 Å². The van der Waals surface area contributed by atoms with E-state index in [2.05, 4.69) is 5.32 Å². The lowest BCUT2D eigenvalue weighted by molar-refractivity contribution is -0.122. The molecule has 1 heterocycles. The van der Waals surface area contributed by atoms with Crippen molar-refractivity contribution in [2.24, 2.45) is 17.8 Å². The van der Waals surface area contributed by atoms with Crippen molar-refractivity contribution in [1.82, 2.24) is 0 Å². The van der Waals surface area contributed by atoms with E-state index in [1.165, 1.54) is 4.90 Å². The Kier molecular flexibility index (Phi) is 4.92. The highest BCUT2D eigenvalue weighted by atomic mass is 16.5. The predicted octanol–water partition coefficient (Wildman–Crippen LogP) is 3.65. The van der Waals surface area contributed by atoms with E-state index in [0.29, 0.717) is 29.1 Å². The fourth-order valence-electron chi connectivity index (χ4n) is 4.07. The van der Waals surface area contributed by atoms with Crippen molar-refractivity contribution < 1.29 is 19.1 Å². The van der Waals surface area contributed by atoms with Crippen molar-refractivity contribution in [3.8, 4) is 5.75 Å². The molecule has 2 aliphatic rings. The maximum atomic E-state index is 12.9. The largest absolute Gasteiger partial charge is 0.497 e. The van der Waals surface area contributed by atoms with Gasteiger partial charge in [-0.05, 0) is 48.7 Å². The highest BCUT2D eigenvalue weighted by molar-refractivity contribution is 6.22. The smallest absolute Gasteiger partial charge is 0.255 e. The summed E-state index contributed by atoms with van der Waals surface area (Å²) in [5.41, 5.74) is 1.55. The molecule has 0 radical (unpaired) electrons. The molecule has 1 aliphatic heterocycles. The summed E-state index contributed by atoms with van der Waals surface area (Å²) in [5.74, 6) is -0.509. The number of carbonyl (C=O) groups is 3. The van der Waals surface area contributed by atoms with Crippen LogP contribution in [0, 0.1) is 17.8 Å². The molecule has 4 rings (SSSR count). The number of anilines is 2. The van der Waals surface area contributed by atoms with E-state index in [4.69, 9.17) is 4.74 Å². The lowest BCUT2D eigenvalue weighted by atomic mass is 9.78. The van der Waals surface area contributed by atoms with Crippen LogP contribution in [0.3, 0.4) is 0 Å². The fourth-order valence-corrected chi connectivity index (χ4v) is 4.07. The normalized spacial score (nSPS) is 23.1. The van der Waals surface area contributed by atoms with Gasteiger partial charge in [0.1, 0.15) is 5.75 Å². The molecule has 2 aromatic rings. The van der Waals surface area contributed by atoms with Crippen molar-refractivity contribution in [3.63, 3.8) is 0 Å². The Balaban J connectivity index is 1.51. The number of rotatable bonds is 4. The van der Waals surface area contributed by atoms with Crippen molar-refractivity contribution in [2.75, 3.05) is 17.3 Å². The van der Waals surface area contributed by atoms with Crippen LogP contribution in [0.25, 0.3) is 0 Å². The standard InChI is InChI=1S/C23H22N2O4/c1-14-5-3-8-19-20(14)23(28)25(22(19)27)17-11-9-15(10-12-17)21(26)24-16-6-4-7-18(13-16)29-2/h3-7,9-14,19-20H,8H2,1-2H3,(H,24,26)/t14-,19-,20+/m0/s1. The highest BCUT2D eigenvalue weighted by Gasteiger charge is 2.50. The predicted molar refractivity (Wildman–Crippen MR) is 110 cm³/mol. The molecule has 29 heavy (non-hydrogen) atoms. The zero-order chi connectivity index (χ0) is 20.5. The zero-order valence-corrected chi connectivity index (χ0v) is 16.3. The lowest BCUT2D eigenvalue weighted by Crippen LogP contribution is -2.31. The van der Waals surface area contributed by atoms with Crippen molar-refractivity contribution in [1.29, 1.82) is 0 Å². The van der Waals surface area contributed by atoms with Crippen LogP contribution in [0.1, 0.15) is 23.7 Å². The van der Waals surface area contributed by atoms with Gasteiger partial charge in [0.15, 0.2) is 0 Å². The second kappa shape index (κ2) is 7.54. The molecular formula is C23H22N2O4. The summed E-state index contributed by atoms with van der Waals surface area (Å²) in [6.07, 6.45) is 4.57. The van der Waals surface area contributed by atoms with Gasteiger partial charge in [0, 0.05) is 17.3 Å². The molecular weight excluding hydrogens is 368 g/mol. The number of carbonyl (C=O) groups excluding carboxylic acids is 3. The third-order valence-electron chi connectivity index (χ3n) is 5.59. The van der Waals surface area contributed by atoms with Gasteiger partial charge >= 0.3 is 0 Å². The molecule has 0 aromatic heterocycles. The molecule has 0 saturated carbocycles. The monoisotopic (exact) mass is 390 g/mol. The summed E-state index contributed by atoms with van der Waals surface area (Å²) in [7, 11) is 1.56. The molecule has 148 valence electrons.